The fourth-order valence-corrected chi connectivity index (χ4v) is 5.23. The standard InChI is InChI=1S/C23H25N7O4S/c1-2-34-20-14-24-13-17(27-20)15-4-7-19(26-12-15)29-21(31)23(9-3-10-23)18-8-11-25-22(28-18)30-35(32,33)16-5-6-16/h4,7-8,11-14,16H,2-3,5-6,9-10H2,1H3,(H,25,28,30)(H,26,29,31). The summed E-state index contributed by atoms with van der Waals surface area (Å²) in [6.07, 6.45) is 9.58. The van der Waals surface area contributed by atoms with Gasteiger partial charge in [-0.3, -0.25) is 14.5 Å². The molecule has 2 fully saturated rings. The van der Waals surface area contributed by atoms with Crippen LogP contribution in [0.5, 0.6) is 5.88 Å². The molecule has 2 N–H and O–H groups in total. The van der Waals surface area contributed by atoms with Crippen molar-refractivity contribution in [2.45, 2.75) is 49.7 Å². The van der Waals surface area contributed by atoms with E-state index in [2.05, 4.69) is 35.0 Å². The third kappa shape index (κ3) is 4.78. The third-order valence-electron chi connectivity index (χ3n) is 6.19. The molecule has 0 atom stereocenters. The number of hydrogen-bond acceptors (Lipinski definition) is 9. The Morgan fingerprint density at radius 2 is 1.94 bits per heavy atom. The van der Waals surface area contributed by atoms with Crippen LogP contribution in [-0.4, -0.2) is 51.1 Å². The molecular formula is C23H25N7O4S. The Bertz CT molecular complexity index is 1340. The molecule has 3 aromatic heterocycles. The lowest BCUT2D eigenvalue weighted by Crippen LogP contribution is -2.46. The Hall–Kier alpha value is -3.67. The van der Waals surface area contributed by atoms with Gasteiger partial charge >= 0.3 is 0 Å². The number of nitrogens with zero attached hydrogens (tertiary/aromatic N) is 5. The van der Waals surface area contributed by atoms with Gasteiger partial charge < -0.3 is 10.1 Å². The highest BCUT2D eigenvalue weighted by atomic mass is 32.2. The fraction of sp³-hybridized carbons (Fsp3) is 0.391. The SMILES string of the molecule is CCOc1cncc(-c2ccc(NC(=O)C3(c4ccnc(NS(=O)(=O)C5CC5)n4)CCC3)nc2)n1. The number of hydrogen-bond donors (Lipinski definition) is 2. The summed E-state index contributed by atoms with van der Waals surface area (Å²) in [4.78, 5) is 34.6. The first-order valence-electron chi connectivity index (χ1n) is 11.5. The zero-order chi connectivity index (χ0) is 24.5. The van der Waals surface area contributed by atoms with Crippen LogP contribution < -0.4 is 14.8 Å². The maximum absolute atomic E-state index is 13.3. The van der Waals surface area contributed by atoms with Crippen LogP contribution in [0.15, 0.2) is 43.0 Å². The van der Waals surface area contributed by atoms with E-state index < -0.39 is 20.7 Å². The maximum Gasteiger partial charge on any atom is 0.237 e. The third-order valence-corrected chi connectivity index (χ3v) is 8.01. The maximum atomic E-state index is 13.3. The molecule has 0 spiro atoms. The van der Waals surface area contributed by atoms with Crippen LogP contribution in [0.25, 0.3) is 11.3 Å². The predicted octanol–water partition coefficient (Wildman–Crippen LogP) is 2.69. The molecule has 5 rings (SSSR count). The highest BCUT2D eigenvalue weighted by molar-refractivity contribution is 7.93. The Labute approximate surface area is 202 Å². The molecule has 11 nitrogen and oxygen atoms in total. The summed E-state index contributed by atoms with van der Waals surface area (Å²) in [6.45, 7) is 2.36. The van der Waals surface area contributed by atoms with Crippen molar-refractivity contribution in [3.63, 3.8) is 0 Å². The molecule has 0 bridgehead atoms. The molecule has 0 aromatic carbocycles. The van der Waals surface area contributed by atoms with Crippen molar-refractivity contribution in [2.24, 2.45) is 0 Å². The summed E-state index contributed by atoms with van der Waals surface area (Å²) >= 11 is 0. The average molecular weight is 496 g/mol. The molecule has 182 valence electrons. The molecule has 3 heterocycles. The molecule has 2 aliphatic rings. The Morgan fingerprint density at radius 1 is 1.11 bits per heavy atom. The normalized spacial score (nSPS) is 16.7. The van der Waals surface area contributed by atoms with E-state index in [1.54, 1.807) is 36.8 Å². The van der Waals surface area contributed by atoms with Crippen LogP contribution in [0.1, 0.15) is 44.7 Å². The molecule has 3 aromatic rings. The molecule has 2 aliphatic carbocycles. The highest BCUT2D eigenvalue weighted by Gasteiger charge is 2.47. The molecule has 0 unspecified atom stereocenters. The molecular weight excluding hydrogens is 470 g/mol. The smallest absolute Gasteiger partial charge is 0.237 e. The number of amides is 1. The van der Waals surface area contributed by atoms with E-state index >= 15 is 0 Å². The van der Waals surface area contributed by atoms with Gasteiger partial charge in [-0.1, -0.05) is 6.42 Å². The Kier molecular flexibility index (Phi) is 6.05. The number of pyridine rings is 1. The van der Waals surface area contributed by atoms with Crippen molar-refractivity contribution in [1.82, 2.24) is 24.9 Å². The summed E-state index contributed by atoms with van der Waals surface area (Å²) in [6, 6.07) is 5.16. The summed E-state index contributed by atoms with van der Waals surface area (Å²) in [7, 11) is -3.50. The van der Waals surface area contributed by atoms with Crippen molar-refractivity contribution < 1.29 is 17.9 Å². The second-order valence-electron chi connectivity index (χ2n) is 8.61. The number of anilines is 2. The fourth-order valence-electron chi connectivity index (χ4n) is 3.95. The molecule has 12 heteroatoms. The molecule has 2 saturated carbocycles. The van der Waals surface area contributed by atoms with Gasteiger partial charge in [-0.15, -0.1) is 0 Å². The van der Waals surface area contributed by atoms with Gasteiger partial charge in [0, 0.05) is 18.0 Å². The first kappa shape index (κ1) is 23.1. The van der Waals surface area contributed by atoms with Crippen molar-refractivity contribution in [1.29, 1.82) is 0 Å². The van der Waals surface area contributed by atoms with Crippen molar-refractivity contribution in [3.05, 3.63) is 48.7 Å². The first-order valence-corrected chi connectivity index (χ1v) is 13.0. The van der Waals surface area contributed by atoms with Gasteiger partial charge in [-0.2, -0.15) is 0 Å². The summed E-state index contributed by atoms with van der Waals surface area (Å²) in [5, 5.41) is 2.49. The van der Waals surface area contributed by atoms with E-state index in [-0.39, 0.29) is 11.9 Å². The Morgan fingerprint density at radius 3 is 2.60 bits per heavy atom. The van der Waals surface area contributed by atoms with Gasteiger partial charge in [0.25, 0.3) is 0 Å². The molecule has 1 amide bonds. The van der Waals surface area contributed by atoms with Gasteiger partial charge in [0.05, 0.1) is 41.1 Å². The van der Waals surface area contributed by atoms with Gasteiger partial charge in [0.2, 0.25) is 27.8 Å². The first-order chi connectivity index (χ1) is 16.9. The minimum Gasteiger partial charge on any atom is -0.477 e. The van der Waals surface area contributed by atoms with Crippen molar-refractivity contribution >= 4 is 27.7 Å². The second-order valence-corrected chi connectivity index (χ2v) is 10.6. The quantitative estimate of drug-likeness (QED) is 0.457. The number of carbonyl (C=O) groups excluding carboxylic acids is 1. The van der Waals surface area contributed by atoms with Crippen LogP contribution in [0.4, 0.5) is 11.8 Å². The zero-order valence-electron chi connectivity index (χ0n) is 19.1. The van der Waals surface area contributed by atoms with E-state index in [0.29, 0.717) is 55.4 Å². The number of sulfonamides is 1. The zero-order valence-corrected chi connectivity index (χ0v) is 20.0. The van der Waals surface area contributed by atoms with E-state index in [4.69, 9.17) is 4.74 Å². The number of aromatic nitrogens is 5. The number of nitrogens with one attached hydrogen (secondary N) is 2. The monoisotopic (exact) mass is 495 g/mol. The lowest BCUT2D eigenvalue weighted by Gasteiger charge is -2.39. The van der Waals surface area contributed by atoms with Crippen LogP contribution in [0, 0.1) is 0 Å². The topological polar surface area (TPSA) is 149 Å². The van der Waals surface area contributed by atoms with E-state index in [1.165, 1.54) is 6.20 Å². The lowest BCUT2D eigenvalue weighted by molar-refractivity contribution is -0.124. The number of carbonyl (C=O) groups is 1. The largest absolute Gasteiger partial charge is 0.477 e. The van der Waals surface area contributed by atoms with E-state index in [9.17, 15) is 13.2 Å². The van der Waals surface area contributed by atoms with E-state index in [0.717, 1.165) is 12.0 Å². The lowest BCUT2D eigenvalue weighted by atomic mass is 9.65. The second kappa shape index (κ2) is 9.17. The van der Waals surface area contributed by atoms with Gasteiger partial charge in [0.1, 0.15) is 5.82 Å². The minimum atomic E-state index is -3.50. The minimum absolute atomic E-state index is 0.00801. The highest BCUT2D eigenvalue weighted by Crippen LogP contribution is 2.44. The molecule has 35 heavy (non-hydrogen) atoms. The van der Waals surface area contributed by atoms with Crippen LogP contribution in [0.2, 0.25) is 0 Å². The van der Waals surface area contributed by atoms with Crippen LogP contribution >= 0.6 is 0 Å². The summed E-state index contributed by atoms with van der Waals surface area (Å²) in [5.41, 5.74) is 0.975. The molecule has 0 radical (unpaired) electrons. The van der Waals surface area contributed by atoms with Crippen molar-refractivity contribution in [2.75, 3.05) is 16.6 Å². The van der Waals surface area contributed by atoms with Crippen LogP contribution in [-0.2, 0) is 20.2 Å². The average Bonchev–Trinajstić information content (AvgIpc) is 3.66. The van der Waals surface area contributed by atoms with E-state index in [1.807, 2.05) is 6.92 Å². The van der Waals surface area contributed by atoms with Crippen LogP contribution in [0.3, 0.4) is 0 Å². The summed E-state index contributed by atoms with van der Waals surface area (Å²) < 4.78 is 32.4. The van der Waals surface area contributed by atoms with Gasteiger partial charge in [-0.25, -0.2) is 28.4 Å². The molecule has 0 aliphatic heterocycles. The predicted molar refractivity (Wildman–Crippen MR) is 128 cm³/mol. The Balaban J connectivity index is 1.32. The number of ether oxygens (including phenoxy) is 1. The molecule has 0 saturated heterocycles. The van der Waals surface area contributed by atoms with Gasteiger partial charge in [0.15, 0.2) is 0 Å². The van der Waals surface area contributed by atoms with Gasteiger partial charge in [-0.05, 0) is 50.8 Å². The van der Waals surface area contributed by atoms with Crippen molar-refractivity contribution in [3.8, 4) is 17.1 Å². The summed E-state index contributed by atoms with van der Waals surface area (Å²) in [5.74, 6) is 0.573. The number of rotatable bonds is 9.